The smallest absolute Gasteiger partial charge is 0.244 e. The van der Waals surface area contributed by atoms with E-state index in [2.05, 4.69) is 20.0 Å². The van der Waals surface area contributed by atoms with Gasteiger partial charge >= 0.3 is 0 Å². The molecule has 2 aromatic heterocycles. The highest BCUT2D eigenvalue weighted by Crippen LogP contribution is 2.37. The van der Waals surface area contributed by atoms with E-state index in [0.717, 1.165) is 11.1 Å². The number of aromatic nitrogens is 3. The Morgan fingerprint density at radius 2 is 1.96 bits per heavy atom. The molecule has 27 heavy (non-hydrogen) atoms. The van der Waals surface area contributed by atoms with Crippen LogP contribution in [0.2, 0.25) is 0 Å². The molecule has 0 saturated carbocycles. The lowest BCUT2D eigenvalue weighted by atomic mass is 10.1. The number of aliphatic hydroxyl groups is 1. The van der Waals surface area contributed by atoms with Crippen LogP contribution in [0.5, 0.6) is 11.5 Å². The number of rotatable bonds is 4. The molecule has 1 fully saturated rings. The van der Waals surface area contributed by atoms with Crippen LogP contribution in [0.3, 0.4) is 0 Å². The van der Waals surface area contributed by atoms with Crippen LogP contribution in [0.1, 0.15) is 23.9 Å². The molecule has 0 amide bonds. The van der Waals surface area contributed by atoms with E-state index in [9.17, 15) is 5.11 Å². The fourth-order valence-corrected chi connectivity index (χ4v) is 3.56. The number of benzene rings is 1. The van der Waals surface area contributed by atoms with Crippen LogP contribution in [-0.4, -0.2) is 44.6 Å². The maximum absolute atomic E-state index is 10.2. The van der Waals surface area contributed by atoms with Crippen molar-refractivity contribution >= 4 is 0 Å². The highest BCUT2D eigenvalue weighted by Gasteiger charge is 2.36. The predicted octanol–water partition coefficient (Wildman–Crippen LogP) is 2.17. The summed E-state index contributed by atoms with van der Waals surface area (Å²) in [5.41, 5.74) is 1.92. The number of hydrogen-bond donors (Lipinski definition) is 1. The van der Waals surface area contributed by atoms with Crippen molar-refractivity contribution in [2.45, 2.75) is 25.1 Å². The Morgan fingerprint density at radius 1 is 1.11 bits per heavy atom. The van der Waals surface area contributed by atoms with Crippen LogP contribution in [0.15, 0.2) is 47.2 Å². The van der Waals surface area contributed by atoms with E-state index in [0.29, 0.717) is 42.7 Å². The maximum Gasteiger partial charge on any atom is 0.244 e. The summed E-state index contributed by atoms with van der Waals surface area (Å²) in [5.74, 6) is 2.39. The molecule has 2 atom stereocenters. The summed E-state index contributed by atoms with van der Waals surface area (Å²) >= 11 is 0. The van der Waals surface area contributed by atoms with E-state index < -0.39 is 6.10 Å². The lowest BCUT2D eigenvalue weighted by Crippen LogP contribution is -2.24. The number of nitrogens with zero attached hydrogens (tertiary/aromatic N) is 4. The number of ether oxygens (including phenoxy) is 2. The van der Waals surface area contributed by atoms with Crippen molar-refractivity contribution in [2.75, 3.05) is 13.3 Å². The number of likely N-dealkylation sites (tertiary alicyclic amines) is 1. The SMILES string of the molecule is OC1CC(c2nc(-c3ccc4c(c3)OCO4)no2)N(Cc2ccncc2)C1. The van der Waals surface area contributed by atoms with Gasteiger partial charge in [0.05, 0.1) is 12.1 Å². The van der Waals surface area contributed by atoms with E-state index in [-0.39, 0.29) is 12.8 Å². The molecule has 8 heteroatoms. The number of pyridine rings is 1. The van der Waals surface area contributed by atoms with Crippen LogP contribution in [0, 0.1) is 0 Å². The van der Waals surface area contributed by atoms with Gasteiger partial charge in [0.15, 0.2) is 11.5 Å². The van der Waals surface area contributed by atoms with Crippen molar-refractivity contribution in [3.63, 3.8) is 0 Å². The van der Waals surface area contributed by atoms with Gasteiger partial charge in [-0.3, -0.25) is 9.88 Å². The van der Waals surface area contributed by atoms with Crippen molar-refractivity contribution in [3.8, 4) is 22.9 Å². The Balaban J connectivity index is 1.39. The molecule has 8 nitrogen and oxygen atoms in total. The molecule has 5 rings (SSSR count). The number of hydrogen-bond acceptors (Lipinski definition) is 8. The van der Waals surface area contributed by atoms with Gasteiger partial charge in [0.2, 0.25) is 18.5 Å². The quantitative estimate of drug-likeness (QED) is 0.751. The summed E-state index contributed by atoms with van der Waals surface area (Å²) in [4.78, 5) is 10.8. The molecule has 0 spiro atoms. The predicted molar refractivity (Wildman–Crippen MR) is 93.9 cm³/mol. The van der Waals surface area contributed by atoms with E-state index in [1.165, 1.54) is 0 Å². The van der Waals surface area contributed by atoms with Gasteiger partial charge in [0.25, 0.3) is 0 Å². The zero-order valence-corrected chi connectivity index (χ0v) is 14.5. The maximum atomic E-state index is 10.2. The second kappa shape index (κ2) is 6.64. The Labute approximate surface area is 155 Å². The monoisotopic (exact) mass is 366 g/mol. The largest absolute Gasteiger partial charge is 0.454 e. The molecule has 138 valence electrons. The fourth-order valence-electron chi connectivity index (χ4n) is 3.56. The van der Waals surface area contributed by atoms with Crippen molar-refractivity contribution < 1.29 is 19.1 Å². The third-order valence-corrected chi connectivity index (χ3v) is 4.87. The van der Waals surface area contributed by atoms with Gasteiger partial charge in [-0.2, -0.15) is 4.98 Å². The van der Waals surface area contributed by atoms with Gasteiger partial charge in [0, 0.05) is 31.0 Å². The molecule has 1 aromatic carbocycles. The lowest BCUT2D eigenvalue weighted by molar-refractivity contribution is 0.169. The van der Waals surface area contributed by atoms with Crippen LogP contribution >= 0.6 is 0 Å². The second-order valence-electron chi connectivity index (χ2n) is 6.71. The molecule has 0 bridgehead atoms. The Morgan fingerprint density at radius 3 is 2.85 bits per heavy atom. The van der Waals surface area contributed by atoms with E-state index in [1.54, 1.807) is 12.4 Å². The topological polar surface area (TPSA) is 93.7 Å². The van der Waals surface area contributed by atoms with Gasteiger partial charge in [-0.15, -0.1) is 0 Å². The van der Waals surface area contributed by atoms with Crippen molar-refractivity contribution in [1.82, 2.24) is 20.0 Å². The molecule has 2 aliphatic rings. The first-order valence-electron chi connectivity index (χ1n) is 8.81. The number of aliphatic hydroxyl groups excluding tert-OH is 1. The molecular weight excluding hydrogens is 348 g/mol. The molecule has 0 aliphatic carbocycles. The Kier molecular flexibility index (Phi) is 3.99. The summed E-state index contributed by atoms with van der Waals surface area (Å²) in [6.45, 7) is 1.47. The third-order valence-electron chi connectivity index (χ3n) is 4.87. The van der Waals surface area contributed by atoms with E-state index >= 15 is 0 Å². The zero-order chi connectivity index (χ0) is 18.2. The van der Waals surface area contributed by atoms with Gasteiger partial charge in [-0.25, -0.2) is 0 Å². The summed E-state index contributed by atoms with van der Waals surface area (Å²) in [6.07, 6.45) is 3.67. The molecule has 2 unspecified atom stereocenters. The van der Waals surface area contributed by atoms with E-state index in [1.807, 2.05) is 30.3 Å². The number of fused-ring (bicyclic) bond motifs is 1. The molecule has 3 aromatic rings. The summed E-state index contributed by atoms with van der Waals surface area (Å²) in [5, 5.41) is 14.3. The van der Waals surface area contributed by atoms with Crippen molar-refractivity contribution in [1.29, 1.82) is 0 Å². The zero-order valence-electron chi connectivity index (χ0n) is 14.5. The Hall–Kier alpha value is -2.97. The molecule has 4 heterocycles. The minimum Gasteiger partial charge on any atom is -0.454 e. The molecule has 1 saturated heterocycles. The average Bonchev–Trinajstić information content (AvgIpc) is 3.41. The van der Waals surface area contributed by atoms with Crippen LogP contribution in [-0.2, 0) is 6.54 Å². The molecule has 2 aliphatic heterocycles. The first kappa shape index (κ1) is 16.2. The average molecular weight is 366 g/mol. The molecular formula is C19H18N4O4. The van der Waals surface area contributed by atoms with Crippen LogP contribution in [0.25, 0.3) is 11.4 Å². The van der Waals surface area contributed by atoms with E-state index in [4.69, 9.17) is 14.0 Å². The van der Waals surface area contributed by atoms with Gasteiger partial charge in [-0.1, -0.05) is 5.16 Å². The minimum absolute atomic E-state index is 0.122. The Bertz CT molecular complexity index is 946. The summed E-state index contributed by atoms with van der Waals surface area (Å²) < 4.78 is 16.3. The van der Waals surface area contributed by atoms with Crippen molar-refractivity contribution in [2.24, 2.45) is 0 Å². The fraction of sp³-hybridized carbons (Fsp3) is 0.316. The molecule has 1 N–H and O–H groups in total. The summed E-state index contributed by atoms with van der Waals surface area (Å²) in [6, 6.07) is 9.36. The summed E-state index contributed by atoms with van der Waals surface area (Å²) in [7, 11) is 0. The normalized spacial score (nSPS) is 21.7. The van der Waals surface area contributed by atoms with Crippen LogP contribution in [0.4, 0.5) is 0 Å². The standard InChI is InChI=1S/C19H18N4O4/c24-14-8-15(23(10-14)9-12-3-5-20-6-4-12)19-21-18(22-27-19)13-1-2-16-17(7-13)26-11-25-16/h1-7,14-15,24H,8-11H2. The highest BCUT2D eigenvalue weighted by atomic mass is 16.7. The van der Waals surface area contributed by atoms with Gasteiger partial charge < -0.3 is 19.1 Å². The first-order valence-corrected chi connectivity index (χ1v) is 8.81. The highest BCUT2D eigenvalue weighted by molar-refractivity contribution is 5.61. The van der Waals surface area contributed by atoms with Gasteiger partial charge in [0.1, 0.15) is 0 Å². The number of β-amino-alcohol motifs (C(OH)–C–C–N with tert-alkyl or cyclic N) is 1. The third kappa shape index (κ3) is 3.13. The molecule has 0 radical (unpaired) electrons. The van der Waals surface area contributed by atoms with Crippen LogP contribution < -0.4 is 9.47 Å². The minimum atomic E-state index is -0.419. The lowest BCUT2D eigenvalue weighted by Gasteiger charge is -2.20. The van der Waals surface area contributed by atoms with Gasteiger partial charge in [-0.05, 0) is 42.3 Å². The van der Waals surface area contributed by atoms with Crippen molar-refractivity contribution in [3.05, 3.63) is 54.2 Å². The second-order valence-corrected chi connectivity index (χ2v) is 6.71. The first-order chi connectivity index (χ1) is 13.3.